The Balaban J connectivity index is 2.61. The number of nitro groups is 1. The molecule has 1 amide bonds. The summed E-state index contributed by atoms with van der Waals surface area (Å²) < 4.78 is 4.60. The van der Waals surface area contributed by atoms with E-state index >= 15 is 0 Å². The third-order valence-corrected chi connectivity index (χ3v) is 2.63. The van der Waals surface area contributed by atoms with Crippen molar-refractivity contribution < 1.29 is 14.5 Å². The van der Waals surface area contributed by atoms with Crippen LogP contribution in [0, 0.1) is 10.1 Å². The number of nitrogens with one attached hydrogen (secondary N) is 1. The largest absolute Gasteiger partial charge is 0.448 e. The van der Waals surface area contributed by atoms with Crippen LogP contribution in [0.3, 0.4) is 0 Å². The molecule has 1 aromatic rings. The molecular weight excluding hydrogens is 250 g/mol. The number of carbonyl (C=O) groups excluding carboxylic acids is 1. The van der Waals surface area contributed by atoms with Gasteiger partial charge in [0.1, 0.15) is 6.61 Å². The van der Waals surface area contributed by atoms with Gasteiger partial charge >= 0.3 is 6.09 Å². The van der Waals surface area contributed by atoms with Crippen LogP contribution in [0.15, 0.2) is 24.3 Å². The van der Waals surface area contributed by atoms with Gasteiger partial charge in [0.15, 0.2) is 0 Å². The molecule has 104 valence electrons. The van der Waals surface area contributed by atoms with Crippen molar-refractivity contribution >= 4 is 11.8 Å². The van der Waals surface area contributed by atoms with Gasteiger partial charge in [0.05, 0.1) is 4.92 Å². The summed E-state index contributed by atoms with van der Waals surface area (Å²) in [6, 6.07) is 6.43. The summed E-state index contributed by atoms with van der Waals surface area (Å²) in [6.45, 7) is 2.57. The number of amides is 1. The van der Waals surface area contributed by atoms with E-state index in [1.807, 2.05) is 13.0 Å². The number of hydrogen-bond acceptors (Lipinski definition) is 5. The zero-order valence-corrected chi connectivity index (χ0v) is 10.7. The maximum Gasteiger partial charge on any atom is 0.404 e. The highest BCUT2D eigenvalue weighted by Crippen LogP contribution is 2.21. The van der Waals surface area contributed by atoms with Crippen molar-refractivity contribution in [2.45, 2.75) is 19.4 Å². The molecule has 0 saturated heterocycles. The highest BCUT2D eigenvalue weighted by molar-refractivity contribution is 5.64. The third kappa shape index (κ3) is 4.92. The van der Waals surface area contributed by atoms with Crippen molar-refractivity contribution in [3.63, 3.8) is 0 Å². The van der Waals surface area contributed by atoms with Crippen LogP contribution in [0.4, 0.5) is 10.5 Å². The number of nitrogens with zero attached hydrogens (tertiary/aromatic N) is 1. The average Bonchev–Trinajstić information content (AvgIpc) is 2.38. The maximum absolute atomic E-state index is 10.7. The minimum absolute atomic E-state index is 0.0311. The first-order valence-corrected chi connectivity index (χ1v) is 5.94. The Morgan fingerprint density at radius 1 is 1.58 bits per heavy atom. The van der Waals surface area contributed by atoms with Crippen LogP contribution in [-0.4, -0.2) is 24.2 Å². The van der Waals surface area contributed by atoms with E-state index in [-0.39, 0.29) is 18.3 Å². The molecule has 0 aliphatic carbocycles. The van der Waals surface area contributed by atoms with Crippen LogP contribution in [0.25, 0.3) is 0 Å². The Kier molecular flexibility index (Phi) is 5.74. The van der Waals surface area contributed by atoms with E-state index in [1.165, 1.54) is 12.1 Å². The summed E-state index contributed by atoms with van der Waals surface area (Å²) in [5, 5.41) is 13.9. The second-order valence-electron chi connectivity index (χ2n) is 3.93. The predicted molar refractivity (Wildman–Crippen MR) is 69.7 cm³/mol. The zero-order chi connectivity index (χ0) is 14.3. The summed E-state index contributed by atoms with van der Waals surface area (Å²) in [7, 11) is 0. The second-order valence-corrected chi connectivity index (χ2v) is 3.93. The normalized spacial score (nSPS) is 11.8. The van der Waals surface area contributed by atoms with Crippen LogP contribution in [-0.2, 0) is 4.74 Å². The van der Waals surface area contributed by atoms with Gasteiger partial charge in [-0.2, -0.15) is 0 Å². The summed E-state index contributed by atoms with van der Waals surface area (Å²) in [5.74, 6) is 0. The first-order valence-electron chi connectivity index (χ1n) is 5.94. The Bertz CT molecular complexity index is 450. The molecular formula is C12H17N3O4. The highest BCUT2D eigenvalue weighted by Gasteiger charge is 2.12. The molecule has 19 heavy (non-hydrogen) atoms. The molecule has 1 rings (SSSR count). The SMILES string of the molecule is CCC(NCCOC(N)=O)c1cccc([N+](=O)[O-])c1. The summed E-state index contributed by atoms with van der Waals surface area (Å²) in [4.78, 5) is 20.7. The monoisotopic (exact) mass is 267 g/mol. The van der Waals surface area contributed by atoms with E-state index in [4.69, 9.17) is 5.73 Å². The van der Waals surface area contributed by atoms with Crippen molar-refractivity contribution in [2.75, 3.05) is 13.2 Å². The van der Waals surface area contributed by atoms with Crippen LogP contribution < -0.4 is 11.1 Å². The van der Waals surface area contributed by atoms with Gasteiger partial charge in [-0.1, -0.05) is 19.1 Å². The van der Waals surface area contributed by atoms with Crippen LogP contribution in [0.2, 0.25) is 0 Å². The van der Waals surface area contributed by atoms with Crippen LogP contribution >= 0.6 is 0 Å². The molecule has 3 N–H and O–H groups in total. The van der Waals surface area contributed by atoms with E-state index in [2.05, 4.69) is 10.1 Å². The molecule has 0 fully saturated rings. The molecule has 0 radical (unpaired) electrons. The van der Waals surface area contributed by atoms with Crippen molar-refractivity contribution in [2.24, 2.45) is 5.73 Å². The number of benzene rings is 1. The van der Waals surface area contributed by atoms with Gasteiger partial charge in [0, 0.05) is 24.7 Å². The van der Waals surface area contributed by atoms with Gasteiger partial charge in [-0.15, -0.1) is 0 Å². The average molecular weight is 267 g/mol. The quantitative estimate of drug-likeness (QED) is 0.444. The van der Waals surface area contributed by atoms with Gasteiger partial charge in [-0.25, -0.2) is 4.79 Å². The molecule has 0 spiro atoms. The van der Waals surface area contributed by atoms with Gasteiger partial charge in [0.25, 0.3) is 5.69 Å². The summed E-state index contributed by atoms with van der Waals surface area (Å²) in [6.07, 6.45) is -0.0530. The van der Waals surface area contributed by atoms with E-state index in [0.29, 0.717) is 6.54 Å². The lowest BCUT2D eigenvalue weighted by molar-refractivity contribution is -0.384. The van der Waals surface area contributed by atoms with Crippen molar-refractivity contribution in [3.05, 3.63) is 39.9 Å². The van der Waals surface area contributed by atoms with E-state index in [1.54, 1.807) is 6.07 Å². The predicted octanol–water partition coefficient (Wildman–Crippen LogP) is 1.73. The first kappa shape index (κ1) is 14.9. The standard InChI is InChI=1S/C12H17N3O4/c1-2-11(14-6-7-19-12(13)16)9-4-3-5-10(8-9)15(17)18/h3-5,8,11,14H,2,6-7H2,1H3,(H2,13,16). The molecule has 1 atom stereocenters. The maximum atomic E-state index is 10.7. The molecule has 0 aromatic heterocycles. The summed E-state index contributed by atoms with van der Waals surface area (Å²) in [5.41, 5.74) is 5.73. The number of primary amides is 1. The van der Waals surface area contributed by atoms with Crippen molar-refractivity contribution in [1.29, 1.82) is 0 Å². The number of ether oxygens (including phenoxy) is 1. The number of non-ortho nitro benzene ring substituents is 1. The van der Waals surface area contributed by atoms with Gasteiger partial charge in [-0.05, 0) is 12.0 Å². The van der Waals surface area contributed by atoms with Crippen molar-refractivity contribution in [1.82, 2.24) is 5.32 Å². The fraction of sp³-hybridized carbons (Fsp3) is 0.417. The second kappa shape index (κ2) is 7.32. The van der Waals surface area contributed by atoms with Crippen molar-refractivity contribution in [3.8, 4) is 0 Å². The molecule has 7 heteroatoms. The minimum atomic E-state index is -0.815. The topological polar surface area (TPSA) is 107 Å². The van der Waals surface area contributed by atoms with Crippen LogP contribution in [0.5, 0.6) is 0 Å². The fourth-order valence-corrected chi connectivity index (χ4v) is 1.74. The lowest BCUT2D eigenvalue weighted by Gasteiger charge is -2.17. The number of nitro benzene ring substituents is 1. The number of nitrogens with two attached hydrogens (primary N) is 1. The number of rotatable bonds is 7. The Morgan fingerprint density at radius 3 is 2.89 bits per heavy atom. The number of carbonyl (C=O) groups is 1. The molecule has 7 nitrogen and oxygen atoms in total. The van der Waals surface area contributed by atoms with E-state index < -0.39 is 11.0 Å². The number of hydrogen-bond donors (Lipinski definition) is 2. The van der Waals surface area contributed by atoms with Gasteiger partial charge in [-0.3, -0.25) is 10.1 Å². The lowest BCUT2D eigenvalue weighted by atomic mass is 10.0. The molecule has 0 bridgehead atoms. The Morgan fingerprint density at radius 2 is 2.32 bits per heavy atom. The molecule has 0 aliphatic heterocycles. The Hall–Kier alpha value is -2.15. The molecule has 0 aliphatic rings. The summed E-state index contributed by atoms with van der Waals surface area (Å²) >= 11 is 0. The van der Waals surface area contributed by atoms with Gasteiger partial charge in [0.2, 0.25) is 0 Å². The smallest absolute Gasteiger partial charge is 0.404 e. The van der Waals surface area contributed by atoms with E-state index in [0.717, 1.165) is 12.0 Å². The first-order chi connectivity index (χ1) is 9.04. The van der Waals surface area contributed by atoms with Gasteiger partial charge < -0.3 is 15.8 Å². The molecule has 1 aromatic carbocycles. The fourth-order valence-electron chi connectivity index (χ4n) is 1.74. The zero-order valence-electron chi connectivity index (χ0n) is 10.7. The minimum Gasteiger partial charge on any atom is -0.448 e. The van der Waals surface area contributed by atoms with Crippen LogP contribution in [0.1, 0.15) is 24.9 Å². The third-order valence-electron chi connectivity index (χ3n) is 2.63. The lowest BCUT2D eigenvalue weighted by Crippen LogP contribution is -2.27. The molecule has 1 unspecified atom stereocenters. The Labute approximate surface area is 110 Å². The van der Waals surface area contributed by atoms with E-state index in [9.17, 15) is 14.9 Å². The molecule has 0 heterocycles. The highest BCUT2D eigenvalue weighted by atomic mass is 16.6. The molecule has 0 saturated carbocycles.